The van der Waals surface area contributed by atoms with Gasteiger partial charge < -0.3 is 18.9 Å². The topological polar surface area (TPSA) is 106 Å². The Bertz CT molecular complexity index is 1160. The van der Waals surface area contributed by atoms with Crippen LogP contribution >= 0.6 is 0 Å². The van der Waals surface area contributed by atoms with Crippen LogP contribution in [0.25, 0.3) is 0 Å². The smallest absolute Gasteiger partial charge is 0.333 e. The molecule has 0 saturated carbocycles. The van der Waals surface area contributed by atoms with Crippen molar-refractivity contribution in [3.63, 3.8) is 0 Å². The molecule has 4 rings (SSSR count). The van der Waals surface area contributed by atoms with Crippen LogP contribution < -0.4 is 5.14 Å². The highest BCUT2D eigenvalue weighted by Gasteiger charge is 2.41. The third kappa shape index (κ3) is 9.32. The molecule has 37 heavy (non-hydrogen) atoms. The number of nitrogens with two attached hydrogens (primary N) is 1. The van der Waals surface area contributed by atoms with E-state index >= 15 is 0 Å². The lowest BCUT2D eigenvalue weighted by Gasteiger charge is -2.41. The van der Waals surface area contributed by atoms with Gasteiger partial charge >= 0.3 is 10.3 Å². The molecule has 4 atom stereocenters. The zero-order valence-corrected chi connectivity index (χ0v) is 21.4. The van der Waals surface area contributed by atoms with Crippen molar-refractivity contribution < 1.29 is 31.5 Å². The maximum absolute atomic E-state index is 11.4. The number of hydrogen-bond donors (Lipinski definition) is 1. The molecular weight excluding hydrogens is 494 g/mol. The molecule has 0 aliphatic carbocycles. The van der Waals surface area contributed by atoms with Gasteiger partial charge in [-0.05, 0) is 16.7 Å². The molecule has 1 unspecified atom stereocenters. The molecule has 3 aromatic rings. The minimum atomic E-state index is -4.11. The average molecular weight is 528 g/mol. The molecule has 1 aliphatic rings. The van der Waals surface area contributed by atoms with Gasteiger partial charge in [-0.1, -0.05) is 91.0 Å². The van der Waals surface area contributed by atoms with Crippen molar-refractivity contribution in [2.75, 3.05) is 13.2 Å². The van der Waals surface area contributed by atoms with Gasteiger partial charge in [0.1, 0.15) is 12.2 Å². The summed E-state index contributed by atoms with van der Waals surface area (Å²) in [5.74, 6) is 0. The first-order valence-electron chi connectivity index (χ1n) is 12.2. The summed E-state index contributed by atoms with van der Waals surface area (Å²) in [4.78, 5) is 0. The molecule has 0 amide bonds. The Hall–Kier alpha value is -2.63. The van der Waals surface area contributed by atoms with E-state index in [1.807, 2.05) is 91.0 Å². The first-order chi connectivity index (χ1) is 18.0. The number of hydrogen-bond acceptors (Lipinski definition) is 7. The second kappa shape index (κ2) is 13.8. The Kier molecular flexibility index (Phi) is 10.2. The van der Waals surface area contributed by atoms with E-state index in [9.17, 15) is 8.42 Å². The summed E-state index contributed by atoms with van der Waals surface area (Å²) in [7, 11) is -4.11. The van der Waals surface area contributed by atoms with Crippen molar-refractivity contribution in [1.82, 2.24) is 0 Å². The Morgan fingerprint density at radius 2 is 1.24 bits per heavy atom. The monoisotopic (exact) mass is 527 g/mol. The van der Waals surface area contributed by atoms with Gasteiger partial charge in [0.2, 0.25) is 0 Å². The largest absolute Gasteiger partial charge is 0.374 e. The summed E-state index contributed by atoms with van der Waals surface area (Å²) in [6.07, 6.45) is -1.56. The van der Waals surface area contributed by atoms with Crippen LogP contribution in [-0.2, 0) is 53.3 Å². The molecule has 0 spiro atoms. The second-order valence-electron chi connectivity index (χ2n) is 8.91. The first kappa shape index (κ1) is 27.4. The van der Waals surface area contributed by atoms with E-state index in [1.165, 1.54) is 0 Å². The molecule has 0 radical (unpaired) electrons. The summed E-state index contributed by atoms with van der Waals surface area (Å²) in [5, 5.41) is 5.05. The van der Waals surface area contributed by atoms with Gasteiger partial charge in [0.05, 0.1) is 45.2 Å². The number of ether oxygens (including phenoxy) is 4. The minimum absolute atomic E-state index is 0.218. The van der Waals surface area contributed by atoms with Crippen LogP contribution in [0.15, 0.2) is 91.0 Å². The Labute approximate surface area is 218 Å². The predicted octanol–water partition coefficient (Wildman–Crippen LogP) is 3.75. The van der Waals surface area contributed by atoms with E-state index in [0.29, 0.717) is 26.2 Å². The van der Waals surface area contributed by atoms with Crippen molar-refractivity contribution >= 4 is 10.3 Å². The van der Waals surface area contributed by atoms with E-state index in [2.05, 4.69) is 0 Å². The highest BCUT2D eigenvalue weighted by atomic mass is 32.2. The van der Waals surface area contributed by atoms with Gasteiger partial charge in [0, 0.05) is 6.42 Å². The summed E-state index contributed by atoms with van der Waals surface area (Å²) < 4.78 is 52.6. The maximum Gasteiger partial charge on any atom is 0.333 e. The van der Waals surface area contributed by atoms with Crippen LogP contribution in [-0.4, -0.2) is 46.0 Å². The van der Waals surface area contributed by atoms with E-state index in [0.717, 1.165) is 16.7 Å². The molecule has 3 aromatic carbocycles. The van der Waals surface area contributed by atoms with Crippen molar-refractivity contribution in [1.29, 1.82) is 0 Å². The zero-order chi connectivity index (χ0) is 25.9. The Morgan fingerprint density at radius 1 is 0.730 bits per heavy atom. The molecule has 198 valence electrons. The third-order valence-electron chi connectivity index (χ3n) is 6.00. The molecular formula is C28H33NO7S. The van der Waals surface area contributed by atoms with Crippen LogP contribution in [0.1, 0.15) is 23.1 Å². The molecule has 1 heterocycles. The van der Waals surface area contributed by atoms with Crippen LogP contribution in [0.4, 0.5) is 0 Å². The average Bonchev–Trinajstić information content (AvgIpc) is 2.91. The van der Waals surface area contributed by atoms with Crippen molar-refractivity contribution in [2.45, 2.75) is 50.7 Å². The fourth-order valence-corrected chi connectivity index (χ4v) is 4.56. The SMILES string of the molecule is NS(=O)(=O)OC[C@@H]1C[C@@H](OCc2ccccc2)[C@H](OCc2ccccc2)C(COCc2ccccc2)O1. The second-order valence-corrected chi connectivity index (χ2v) is 10.1. The molecule has 0 aromatic heterocycles. The molecule has 8 nitrogen and oxygen atoms in total. The molecule has 1 aliphatic heterocycles. The lowest BCUT2D eigenvalue weighted by molar-refractivity contribution is -0.224. The predicted molar refractivity (Wildman–Crippen MR) is 138 cm³/mol. The molecule has 0 bridgehead atoms. The number of benzene rings is 3. The Morgan fingerprint density at radius 3 is 1.78 bits per heavy atom. The van der Waals surface area contributed by atoms with Crippen molar-refractivity contribution in [2.24, 2.45) is 5.14 Å². The fourth-order valence-electron chi connectivity index (χ4n) is 4.21. The summed E-state index contributed by atoms with van der Waals surface area (Å²) >= 11 is 0. The zero-order valence-electron chi connectivity index (χ0n) is 20.6. The minimum Gasteiger partial charge on any atom is -0.374 e. The lowest BCUT2D eigenvalue weighted by Crippen LogP contribution is -2.53. The van der Waals surface area contributed by atoms with Gasteiger partial charge in [0.15, 0.2) is 0 Å². The first-order valence-corrected chi connectivity index (χ1v) is 13.7. The van der Waals surface area contributed by atoms with Gasteiger partial charge in [-0.2, -0.15) is 8.42 Å². The van der Waals surface area contributed by atoms with E-state index < -0.39 is 34.7 Å². The van der Waals surface area contributed by atoms with Crippen LogP contribution in [0.2, 0.25) is 0 Å². The van der Waals surface area contributed by atoms with Crippen LogP contribution in [0, 0.1) is 0 Å². The van der Waals surface area contributed by atoms with Gasteiger partial charge in [-0.25, -0.2) is 5.14 Å². The van der Waals surface area contributed by atoms with Crippen LogP contribution in [0.3, 0.4) is 0 Å². The van der Waals surface area contributed by atoms with E-state index in [-0.39, 0.29) is 13.2 Å². The quantitative estimate of drug-likeness (QED) is 0.361. The van der Waals surface area contributed by atoms with E-state index in [1.54, 1.807) is 0 Å². The summed E-state index contributed by atoms with van der Waals surface area (Å²) in [6, 6.07) is 29.5. The Balaban J connectivity index is 1.49. The van der Waals surface area contributed by atoms with Crippen molar-refractivity contribution in [3.05, 3.63) is 108 Å². The van der Waals surface area contributed by atoms with Gasteiger partial charge in [-0.15, -0.1) is 0 Å². The summed E-state index contributed by atoms with van der Waals surface area (Å²) in [6.45, 7) is 1.15. The number of rotatable bonds is 13. The molecule has 1 saturated heterocycles. The third-order valence-corrected chi connectivity index (χ3v) is 6.46. The highest BCUT2D eigenvalue weighted by molar-refractivity contribution is 7.84. The lowest BCUT2D eigenvalue weighted by atomic mass is 9.97. The van der Waals surface area contributed by atoms with Gasteiger partial charge in [-0.3, -0.25) is 4.18 Å². The summed E-state index contributed by atoms with van der Waals surface area (Å²) in [5.41, 5.74) is 3.07. The molecule has 2 N–H and O–H groups in total. The normalized spacial score (nSPS) is 22.1. The van der Waals surface area contributed by atoms with Crippen molar-refractivity contribution in [3.8, 4) is 0 Å². The van der Waals surface area contributed by atoms with E-state index in [4.69, 9.17) is 28.3 Å². The maximum atomic E-state index is 11.4. The fraction of sp³-hybridized carbons (Fsp3) is 0.357. The standard InChI is InChI=1S/C28H33NO7S/c29-37(30,31)35-20-25-16-26(33-18-23-12-6-2-7-13-23)28(34-19-24-14-8-3-9-15-24)27(36-25)21-32-17-22-10-4-1-5-11-22/h1-15,25-28H,16-21H2,(H2,29,30,31)/t25-,26+,27?,28-/m0/s1. The molecule has 9 heteroatoms. The van der Waals surface area contributed by atoms with Crippen LogP contribution in [0.5, 0.6) is 0 Å². The van der Waals surface area contributed by atoms with Gasteiger partial charge in [0.25, 0.3) is 0 Å². The highest BCUT2D eigenvalue weighted by Crippen LogP contribution is 2.28. The molecule has 1 fully saturated rings.